The van der Waals surface area contributed by atoms with Crippen molar-refractivity contribution in [2.24, 2.45) is 0 Å². The van der Waals surface area contributed by atoms with Gasteiger partial charge in [0.1, 0.15) is 12.5 Å². The van der Waals surface area contributed by atoms with Crippen LogP contribution in [0.5, 0.6) is 5.75 Å². The fraction of sp³-hybridized carbons (Fsp3) is 0.435. The molecule has 31 heavy (non-hydrogen) atoms. The molecule has 0 fully saturated rings. The van der Waals surface area contributed by atoms with Crippen molar-refractivity contribution in [3.63, 3.8) is 0 Å². The molecular weight excluding hydrogens is 406 g/mol. The zero-order valence-corrected chi connectivity index (χ0v) is 20.4. The van der Waals surface area contributed by atoms with Gasteiger partial charge in [0.2, 0.25) is 5.95 Å². The Morgan fingerprint density at radius 1 is 1.06 bits per heavy atom. The number of hydrogen-bond acceptors (Lipinski definition) is 6. The van der Waals surface area contributed by atoms with Crippen molar-refractivity contribution >= 4 is 14.0 Å². The summed E-state index contributed by atoms with van der Waals surface area (Å²) in [7, 11) is -1.16. The maximum absolute atomic E-state index is 6.01. The summed E-state index contributed by atoms with van der Waals surface area (Å²) >= 11 is 0. The maximum Gasteiger partial charge on any atom is 0.220 e. The number of aromatic nitrogens is 4. The summed E-state index contributed by atoms with van der Waals surface area (Å²) in [5.74, 6) is 1.09. The van der Waals surface area contributed by atoms with Gasteiger partial charge < -0.3 is 15.2 Å². The third kappa shape index (κ3) is 5.92. The molecular formula is C23H33N5O2Si. The van der Waals surface area contributed by atoms with E-state index in [1.165, 1.54) is 0 Å². The number of nitrogen functional groups attached to an aromatic ring is 1. The molecule has 3 rings (SSSR count). The van der Waals surface area contributed by atoms with Gasteiger partial charge in [-0.15, -0.1) is 0 Å². The van der Waals surface area contributed by atoms with Crippen LogP contribution < -0.4 is 10.5 Å². The number of anilines is 1. The SMILES string of the molecule is CCOc1ccc(-c2c(C)nn(COCC[Si](C)(C)C)c2-c2cc(C)nc(N)n2)cc1. The largest absolute Gasteiger partial charge is 0.494 e. The molecule has 7 nitrogen and oxygen atoms in total. The number of aryl methyl sites for hydroxylation is 2. The van der Waals surface area contributed by atoms with Gasteiger partial charge in [-0.05, 0) is 50.6 Å². The first-order valence-corrected chi connectivity index (χ1v) is 14.4. The number of benzene rings is 1. The fourth-order valence-electron chi connectivity index (χ4n) is 3.41. The number of rotatable bonds is 9. The average Bonchev–Trinajstić information content (AvgIpc) is 3.01. The molecule has 0 saturated heterocycles. The Morgan fingerprint density at radius 2 is 1.77 bits per heavy atom. The van der Waals surface area contributed by atoms with Crippen LogP contribution in [0.1, 0.15) is 18.3 Å². The van der Waals surface area contributed by atoms with Gasteiger partial charge in [0.25, 0.3) is 0 Å². The van der Waals surface area contributed by atoms with E-state index >= 15 is 0 Å². The number of ether oxygens (including phenoxy) is 2. The summed E-state index contributed by atoms with van der Waals surface area (Å²) in [6.07, 6.45) is 0. The van der Waals surface area contributed by atoms with E-state index in [-0.39, 0.29) is 5.95 Å². The van der Waals surface area contributed by atoms with E-state index in [2.05, 4.69) is 29.6 Å². The van der Waals surface area contributed by atoms with Crippen LogP contribution in [0, 0.1) is 13.8 Å². The smallest absolute Gasteiger partial charge is 0.220 e. The Bertz CT molecular complexity index is 1010. The molecule has 3 aromatic rings. The molecule has 8 heteroatoms. The van der Waals surface area contributed by atoms with Crippen LogP contribution in [-0.4, -0.2) is 41.0 Å². The highest BCUT2D eigenvalue weighted by atomic mass is 28.3. The summed E-state index contributed by atoms with van der Waals surface area (Å²) in [6.45, 7) is 14.6. The van der Waals surface area contributed by atoms with Crippen molar-refractivity contribution < 1.29 is 9.47 Å². The minimum atomic E-state index is -1.16. The molecule has 166 valence electrons. The molecule has 2 heterocycles. The average molecular weight is 440 g/mol. The number of hydrogen-bond donors (Lipinski definition) is 1. The van der Waals surface area contributed by atoms with Crippen molar-refractivity contribution in [2.75, 3.05) is 18.9 Å². The van der Waals surface area contributed by atoms with Crippen LogP contribution in [0.15, 0.2) is 30.3 Å². The van der Waals surface area contributed by atoms with Gasteiger partial charge in [-0.2, -0.15) is 5.10 Å². The van der Waals surface area contributed by atoms with E-state index in [0.29, 0.717) is 13.3 Å². The first-order valence-electron chi connectivity index (χ1n) is 10.7. The summed E-state index contributed by atoms with van der Waals surface area (Å²) in [6, 6.07) is 11.1. The number of nitrogens with zero attached hydrogens (tertiary/aromatic N) is 4. The zero-order valence-electron chi connectivity index (χ0n) is 19.4. The summed E-state index contributed by atoms with van der Waals surface area (Å²) in [5.41, 5.74) is 11.4. The molecule has 0 aliphatic heterocycles. The summed E-state index contributed by atoms with van der Waals surface area (Å²) < 4.78 is 13.5. The van der Waals surface area contributed by atoms with E-state index in [1.807, 2.05) is 55.8 Å². The first kappa shape index (κ1) is 23.0. The molecule has 1 aromatic carbocycles. The van der Waals surface area contributed by atoms with Crippen LogP contribution >= 0.6 is 0 Å². The van der Waals surface area contributed by atoms with E-state index in [1.54, 1.807) is 0 Å². The Balaban J connectivity index is 2.02. The monoisotopic (exact) mass is 439 g/mol. The second kappa shape index (κ2) is 9.61. The maximum atomic E-state index is 6.01. The zero-order chi connectivity index (χ0) is 22.6. The molecule has 0 saturated carbocycles. The second-order valence-corrected chi connectivity index (χ2v) is 14.5. The predicted octanol–water partition coefficient (Wildman–Crippen LogP) is 4.92. The van der Waals surface area contributed by atoms with Crippen molar-refractivity contribution in [3.05, 3.63) is 41.7 Å². The van der Waals surface area contributed by atoms with Gasteiger partial charge in [-0.25, -0.2) is 14.6 Å². The van der Waals surface area contributed by atoms with Crippen LogP contribution in [0.25, 0.3) is 22.5 Å². The van der Waals surface area contributed by atoms with Crippen molar-refractivity contribution in [3.8, 4) is 28.3 Å². The summed E-state index contributed by atoms with van der Waals surface area (Å²) in [5, 5.41) is 4.79. The highest BCUT2D eigenvalue weighted by molar-refractivity contribution is 6.76. The van der Waals surface area contributed by atoms with Crippen LogP contribution in [-0.2, 0) is 11.5 Å². The third-order valence-corrected chi connectivity index (χ3v) is 6.61. The van der Waals surface area contributed by atoms with Crippen LogP contribution in [0.3, 0.4) is 0 Å². The van der Waals surface area contributed by atoms with Crippen molar-refractivity contribution in [2.45, 2.75) is 53.2 Å². The topological polar surface area (TPSA) is 88.1 Å². The molecule has 0 atom stereocenters. The highest BCUT2D eigenvalue weighted by Crippen LogP contribution is 2.35. The third-order valence-electron chi connectivity index (χ3n) is 4.91. The summed E-state index contributed by atoms with van der Waals surface area (Å²) in [4.78, 5) is 8.74. The molecule has 0 amide bonds. The predicted molar refractivity (Wildman–Crippen MR) is 128 cm³/mol. The molecule has 2 N–H and O–H groups in total. The minimum Gasteiger partial charge on any atom is -0.494 e. The lowest BCUT2D eigenvalue weighted by Crippen LogP contribution is -2.22. The van der Waals surface area contributed by atoms with Gasteiger partial charge >= 0.3 is 0 Å². The lowest BCUT2D eigenvalue weighted by molar-refractivity contribution is 0.0795. The molecule has 0 aliphatic rings. The van der Waals surface area contributed by atoms with Gasteiger partial charge in [0, 0.05) is 25.9 Å². The molecule has 0 spiro atoms. The Hall–Kier alpha value is -2.71. The lowest BCUT2D eigenvalue weighted by atomic mass is 10.0. The molecule has 0 bridgehead atoms. The number of nitrogens with two attached hydrogens (primary N) is 1. The van der Waals surface area contributed by atoms with Crippen molar-refractivity contribution in [1.29, 1.82) is 0 Å². The molecule has 0 radical (unpaired) electrons. The standard InChI is InChI=1S/C23H33N5O2Si/c1-7-30-19-10-8-18(9-11-19)21-17(3)27-28(15-29-12-13-31(4,5)6)22(21)20-14-16(2)25-23(24)26-20/h8-11,14H,7,12-13,15H2,1-6H3,(H2,24,25,26). The van der Waals surface area contributed by atoms with Crippen LogP contribution in [0.4, 0.5) is 5.95 Å². The van der Waals surface area contributed by atoms with E-state index in [9.17, 15) is 0 Å². The minimum absolute atomic E-state index is 0.248. The molecule has 0 aliphatic carbocycles. The van der Waals surface area contributed by atoms with E-state index in [0.717, 1.165) is 52.3 Å². The van der Waals surface area contributed by atoms with Gasteiger partial charge in [0.05, 0.1) is 23.7 Å². The lowest BCUT2D eigenvalue weighted by Gasteiger charge is -2.16. The Labute approximate surface area is 185 Å². The van der Waals surface area contributed by atoms with Crippen molar-refractivity contribution in [1.82, 2.24) is 19.7 Å². The van der Waals surface area contributed by atoms with Crippen LogP contribution in [0.2, 0.25) is 25.7 Å². The van der Waals surface area contributed by atoms with Gasteiger partial charge in [0.15, 0.2) is 0 Å². The Kier molecular flexibility index (Phi) is 7.12. The normalized spacial score (nSPS) is 11.7. The first-order chi connectivity index (χ1) is 14.7. The van der Waals surface area contributed by atoms with Gasteiger partial charge in [-0.1, -0.05) is 31.8 Å². The van der Waals surface area contributed by atoms with Gasteiger partial charge in [-0.3, -0.25) is 0 Å². The Morgan fingerprint density at radius 3 is 2.39 bits per heavy atom. The highest BCUT2D eigenvalue weighted by Gasteiger charge is 2.21. The molecule has 0 unspecified atom stereocenters. The van der Waals surface area contributed by atoms with E-state index in [4.69, 9.17) is 20.3 Å². The second-order valence-electron chi connectivity index (χ2n) is 8.87. The fourth-order valence-corrected chi connectivity index (χ4v) is 4.16. The molecule has 2 aromatic heterocycles. The quantitative estimate of drug-likeness (QED) is 0.376. The van der Waals surface area contributed by atoms with E-state index < -0.39 is 8.07 Å².